The Morgan fingerprint density at radius 1 is 1.18 bits per heavy atom. The molecular formula is C16H21N5O. The molecule has 0 aliphatic carbocycles. The lowest BCUT2D eigenvalue weighted by Crippen LogP contribution is -2.26. The summed E-state index contributed by atoms with van der Waals surface area (Å²) in [4.78, 5) is 17.8. The van der Waals surface area contributed by atoms with Gasteiger partial charge in [0.2, 0.25) is 0 Å². The molecule has 0 saturated carbocycles. The Morgan fingerprint density at radius 2 is 1.95 bits per heavy atom. The Bertz CT molecular complexity index is 585. The van der Waals surface area contributed by atoms with Gasteiger partial charge in [0.25, 0.3) is 5.91 Å². The topological polar surface area (TPSA) is 71.0 Å². The van der Waals surface area contributed by atoms with Crippen molar-refractivity contribution in [2.45, 2.75) is 19.8 Å². The van der Waals surface area contributed by atoms with E-state index in [1.807, 2.05) is 37.1 Å². The number of carbonyl (C=O) groups excluding carboxylic acids is 1. The molecule has 2 heterocycles. The van der Waals surface area contributed by atoms with E-state index < -0.39 is 0 Å². The molecule has 2 rings (SSSR count). The maximum atomic E-state index is 11.8. The summed E-state index contributed by atoms with van der Waals surface area (Å²) in [5.74, 6) is 0.571. The number of hydrogen-bond acceptors (Lipinski definition) is 5. The van der Waals surface area contributed by atoms with Gasteiger partial charge in [-0.1, -0.05) is 6.92 Å². The van der Waals surface area contributed by atoms with Crippen LogP contribution in [0.25, 0.3) is 0 Å². The van der Waals surface area contributed by atoms with Gasteiger partial charge in [-0.15, -0.1) is 10.2 Å². The van der Waals surface area contributed by atoms with E-state index in [-0.39, 0.29) is 5.91 Å². The van der Waals surface area contributed by atoms with Crippen molar-refractivity contribution in [2.75, 3.05) is 25.0 Å². The number of rotatable bonds is 7. The van der Waals surface area contributed by atoms with Crippen LogP contribution >= 0.6 is 0 Å². The average molecular weight is 299 g/mol. The van der Waals surface area contributed by atoms with E-state index in [0.717, 1.165) is 25.2 Å². The fraction of sp³-hybridized carbons (Fsp3) is 0.375. The van der Waals surface area contributed by atoms with E-state index in [9.17, 15) is 4.79 Å². The molecule has 6 heteroatoms. The van der Waals surface area contributed by atoms with Gasteiger partial charge in [-0.05, 0) is 42.7 Å². The summed E-state index contributed by atoms with van der Waals surface area (Å²) < 4.78 is 0. The molecule has 1 amide bonds. The smallest absolute Gasteiger partial charge is 0.271 e. The third-order valence-corrected chi connectivity index (χ3v) is 3.30. The van der Waals surface area contributed by atoms with Crippen molar-refractivity contribution in [3.63, 3.8) is 0 Å². The number of nitrogens with zero attached hydrogens (tertiary/aromatic N) is 4. The zero-order chi connectivity index (χ0) is 15.8. The molecule has 0 aromatic carbocycles. The molecule has 6 nitrogen and oxygen atoms in total. The third-order valence-electron chi connectivity index (χ3n) is 3.30. The van der Waals surface area contributed by atoms with E-state index in [1.54, 1.807) is 18.5 Å². The molecule has 0 saturated heterocycles. The SMILES string of the molecule is CCCNC(=O)c1ccc(N(C)CCc2ccncc2)nn1. The van der Waals surface area contributed by atoms with E-state index in [2.05, 4.69) is 20.5 Å². The molecule has 2 aromatic rings. The van der Waals surface area contributed by atoms with Crippen LogP contribution in [0, 0.1) is 0 Å². The highest BCUT2D eigenvalue weighted by atomic mass is 16.1. The zero-order valence-corrected chi connectivity index (χ0v) is 13.0. The fourth-order valence-electron chi connectivity index (χ4n) is 1.94. The second-order valence-corrected chi connectivity index (χ2v) is 5.06. The molecule has 0 aliphatic rings. The second-order valence-electron chi connectivity index (χ2n) is 5.06. The van der Waals surface area contributed by atoms with Crippen molar-refractivity contribution in [2.24, 2.45) is 0 Å². The predicted octanol–water partition coefficient (Wildman–Crippen LogP) is 1.69. The van der Waals surface area contributed by atoms with Gasteiger partial charge in [0.15, 0.2) is 11.5 Å². The van der Waals surface area contributed by atoms with E-state index >= 15 is 0 Å². The van der Waals surface area contributed by atoms with E-state index in [4.69, 9.17) is 0 Å². The first-order valence-electron chi connectivity index (χ1n) is 7.42. The van der Waals surface area contributed by atoms with Crippen molar-refractivity contribution >= 4 is 11.7 Å². The van der Waals surface area contributed by atoms with Crippen molar-refractivity contribution in [1.82, 2.24) is 20.5 Å². The monoisotopic (exact) mass is 299 g/mol. The van der Waals surface area contributed by atoms with Crippen LogP contribution in [0.2, 0.25) is 0 Å². The molecule has 0 atom stereocenters. The number of anilines is 1. The summed E-state index contributed by atoms with van der Waals surface area (Å²) in [5, 5.41) is 10.9. The number of nitrogens with one attached hydrogen (secondary N) is 1. The number of aromatic nitrogens is 3. The number of carbonyl (C=O) groups is 1. The molecule has 1 N–H and O–H groups in total. The van der Waals surface area contributed by atoms with Crippen LogP contribution in [0.4, 0.5) is 5.82 Å². The number of hydrogen-bond donors (Lipinski definition) is 1. The first-order valence-corrected chi connectivity index (χ1v) is 7.42. The lowest BCUT2D eigenvalue weighted by molar-refractivity contribution is 0.0947. The minimum atomic E-state index is -0.180. The zero-order valence-electron chi connectivity index (χ0n) is 13.0. The Hall–Kier alpha value is -2.50. The Balaban J connectivity index is 1.90. The average Bonchev–Trinajstić information content (AvgIpc) is 2.58. The maximum Gasteiger partial charge on any atom is 0.271 e. The van der Waals surface area contributed by atoms with Gasteiger partial charge in [0, 0.05) is 32.5 Å². The van der Waals surface area contributed by atoms with E-state index in [0.29, 0.717) is 12.2 Å². The van der Waals surface area contributed by atoms with Gasteiger partial charge >= 0.3 is 0 Å². The molecule has 22 heavy (non-hydrogen) atoms. The summed E-state index contributed by atoms with van der Waals surface area (Å²) in [5.41, 5.74) is 1.57. The number of amides is 1. The van der Waals surface area contributed by atoms with Crippen LogP contribution in [0.15, 0.2) is 36.7 Å². The number of likely N-dealkylation sites (N-methyl/N-ethyl adjacent to an activating group) is 1. The predicted molar refractivity (Wildman–Crippen MR) is 85.9 cm³/mol. The quantitative estimate of drug-likeness (QED) is 0.842. The van der Waals surface area contributed by atoms with Crippen molar-refractivity contribution in [3.05, 3.63) is 47.9 Å². The molecule has 116 valence electrons. The van der Waals surface area contributed by atoms with Crippen LogP contribution in [0.1, 0.15) is 29.4 Å². The van der Waals surface area contributed by atoms with Crippen molar-refractivity contribution < 1.29 is 4.79 Å². The van der Waals surface area contributed by atoms with Crippen LogP contribution in [0.3, 0.4) is 0 Å². The van der Waals surface area contributed by atoms with Gasteiger partial charge in [0.05, 0.1) is 0 Å². The molecule has 0 radical (unpaired) electrons. The molecule has 0 aliphatic heterocycles. The third kappa shape index (κ3) is 4.51. The summed E-state index contributed by atoms with van der Waals surface area (Å²) >= 11 is 0. The minimum absolute atomic E-state index is 0.180. The molecular weight excluding hydrogens is 278 g/mol. The lowest BCUT2D eigenvalue weighted by atomic mass is 10.2. The lowest BCUT2D eigenvalue weighted by Gasteiger charge is -2.17. The van der Waals surface area contributed by atoms with Crippen molar-refractivity contribution in [3.8, 4) is 0 Å². The van der Waals surface area contributed by atoms with Crippen LogP contribution in [0.5, 0.6) is 0 Å². The Labute approximate surface area is 130 Å². The minimum Gasteiger partial charge on any atom is -0.358 e. The molecule has 0 bridgehead atoms. The highest BCUT2D eigenvalue weighted by Gasteiger charge is 2.09. The van der Waals surface area contributed by atoms with Crippen LogP contribution in [-0.2, 0) is 6.42 Å². The largest absolute Gasteiger partial charge is 0.358 e. The van der Waals surface area contributed by atoms with Crippen molar-refractivity contribution in [1.29, 1.82) is 0 Å². The van der Waals surface area contributed by atoms with Gasteiger partial charge in [-0.3, -0.25) is 9.78 Å². The normalized spacial score (nSPS) is 10.3. The summed E-state index contributed by atoms with van der Waals surface area (Å²) in [6.45, 7) is 3.47. The Morgan fingerprint density at radius 3 is 2.59 bits per heavy atom. The summed E-state index contributed by atoms with van der Waals surface area (Å²) in [7, 11) is 1.96. The second kappa shape index (κ2) is 8.07. The van der Waals surface area contributed by atoms with Gasteiger partial charge < -0.3 is 10.2 Å². The van der Waals surface area contributed by atoms with E-state index in [1.165, 1.54) is 5.56 Å². The van der Waals surface area contributed by atoms with Crippen LogP contribution < -0.4 is 10.2 Å². The standard InChI is InChI=1S/C16H21N5O/c1-3-9-18-16(22)14-4-5-15(20-19-14)21(2)12-8-13-6-10-17-11-7-13/h4-7,10-11H,3,8-9,12H2,1-2H3,(H,18,22). The Kier molecular flexibility index (Phi) is 5.82. The maximum absolute atomic E-state index is 11.8. The molecule has 0 fully saturated rings. The summed E-state index contributed by atoms with van der Waals surface area (Å²) in [6.07, 6.45) is 5.38. The molecule has 2 aromatic heterocycles. The molecule has 0 unspecified atom stereocenters. The van der Waals surface area contributed by atoms with Crippen LogP contribution in [-0.4, -0.2) is 41.2 Å². The highest BCUT2D eigenvalue weighted by Crippen LogP contribution is 2.09. The highest BCUT2D eigenvalue weighted by molar-refractivity contribution is 5.92. The summed E-state index contributed by atoms with van der Waals surface area (Å²) in [6, 6.07) is 7.53. The van der Waals surface area contributed by atoms with Gasteiger partial charge in [-0.2, -0.15) is 0 Å². The fourth-order valence-corrected chi connectivity index (χ4v) is 1.94. The molecule has 0 spiro atoms. The number of pyridine rings is 1. The van der Waals surface area contributed by atoms with Gasteiger partial charge in [-0.25, -0.2) is 0 Å². The first-order chi connectivity index (χ1) is 10.7. The van der Waals surface area contributed by atoms with Gasteiger partial charge in [0.1, 0.15) is 0 Å². The first kappa shape index (κ1) is 15.9.